The Morgan fingerprint density at radius 2 is 2.05 bits per heavy atom. The van der Waals surface area contributed by atoms with Crippen LogP contribution in [0.4, 0.5) is 0 Å². The average Bonchev–Trinajstić information content (AvgIpc) is 2.96. The molecule has 0 N–H and O–H groups in total. The van der Waals surface area contributed by atoms with Gasteiger partial charge in [-0.2, -0.15) is 0 Å². The van der Waals surface area contributed by atoms with Gasteiger partial charge in [0.1, 0.15) is 0 Å². The van der Waals surface area contributed by atoms with Gasteiger partial charge in [0, 0.05) is 52.0 Å². The first kappa shape index (κ1) is 15.1. The molecule has 0 aliphatic carbocycles. The average molecular weight is 304 g/mol. The third-order valence-corrected chi connectivity index (χ3v) is 5.25. The van der Waals surface area contributed by atoms with Crippen LogP contribution in [0.15, 0.2) is 12.4 Å². The summed E-state index contributed by atoms with van der Waals surface area (Å²) in [6.07, 6.45) is 7.03. The second-order valence-electron chi connectivity index (χ2n) is 6.56. The van der Waals surface area contributed by atoms with Crippen molar-refractivity contribution in [3.8, 4) is 0 Å². The van der Waals surface area contributed by atoms with E-state index < -0.39 is 0 Å². The van der Waals surface area contributed by atoms with Crippen LogP contribution >= 0.6 is 0 Å². The summed E-state index contributed by atoms with van der Waals surface area (Å²) in [5, 5.41) is 0. The summed E-state index contributed by atoms with van der Waals surface area (Å²) in [5.74, 6) is 0.797. The molecule has 2 amide bonds. The Hall–Kier alpha value is -1.85. The van der Waals surface area contributed by atoms with Gasteiger partial charge in [0.25, 0.3) is 5.91 Å². The molecule has 0 radical (unpaired) electrons. The first-order valence-corrected chi connectivity index (χ1v) is 8.09. The van der Waals surface area contributed by atoms with Gasteiger partial charge in [0.15, 0.2) is 5.82 Å². The van der Waals surface area contributed by atoms with Gasteiger partial charge in [-0.15, -0.1) is 0 Å². The number of rotatable bonds is 2. The van der Waals surface area contributed by atoms with Crippen LogP contribution < -0.4 is 0 Å². The van der Waals surface area contributed by atoms with Crippen LogP contribution in [0.3, 0.4) is 0 Å². The van der Waals surface area contributed by atoms with Crippen molar-refractivity contribution >= 4 is 11.8 Å². The highest BCUT2D eigenvalue weighted by atomic mass is 16.2. The topological polar surface area (TPSA) is 58.4 Å². The van der Waals surface area contributed by atoms with Crippen molar-refractivity contribution in [3.63, 3.8) is 0 Å². The van der Waals surface area contributed by atoms with E-state index >= 15 is 0 Å². The van der Waals surface area contributed by atoms with E-state index in [0.717, 1.165) is 45.4 Å². The van der Waals surface area contributed by atoms with Gasteiger partial charge >= 0.3 is 0 Å². The van der Waals surface area contributed by atoms with E-state index in [4.69, 9.17) is 0 Å². The molecule has 2 aliphatic heterocycles. The standard InChI is InChI=1S/C16H24N4O2/c1-3-19-12-16(5-4-13(19)21)6-9-20(10-7-16)15(22)14-17-8-11-18(14)2/h8,11H,3-7,9-10,12H2,1-2H3. The molecule has 2 aliphatic rings. The van der Waals surface area contributed by atoms with Crippen LogP contribution in [-0.4, -0.2) is 57.3 Å². The predicted octanol–water partition coefficient (Wildman–Crippen LogP) is 1.28. The van der Waals surface area contributed by atoms with Gasteiger partial charge < -0.3 is 14.4 Å². The van der Waals surface area contributed by atoms with Crippen LogP contribution in [0, 0.1) is 5.41 Å². The minimum absolute atomic E-state index is 0.0154. The van der Waals surface area contributed by atoms with Crippen molar-refractivity contribution in [3.05, 3.63) is 18.2 Å². The minimum atomic E-state index is 0.0154. The lowest BCUT2D eigenvalue weighted by Crippen LogP contribution is -2.52. The number of imidazole rings is 1. The normalized spacial score (nSPS) is 21.5. The maximum Gasteiger partial charge on any atom is 0.289 e. The van der Waals surface area contributed by atoms with Crippen molar-refractivity contribution in [2.75, 3.05) is 26.2 Å². The highest BCUT2D eigenvalue weighted by Crippen LogP contribution is 2.40. The molecule has 6 heteroatoms. The summed E-state index contributed by atoms with van der Waals surface area (Å²) in [4.78, 5) is 32.4. The highest BCUT2D eigenvalue weighted by molar-refractivity contribution is 5.90. The fraction of sp³-hybridized carbons (Fsp3) is 0.688. The Kier molecular flexibility index (Phi) is 3.93. The fourth-order valence-corrected chi connectivity index (χ4v) is 3.70. The van der Waals surface area contributed by atoms with Gasteiger partial charge in [0.05, 0.1) is 0 Å². The number of nitrogens with zero attached hydrogens (tertiary/aromatic N) is 4. The number of piperidine rings is 2. The number of carbonyl (C=O) groups excluding carboxylic acids is 2. The molecule has 0 saturated carbocycles. The molecule has 0 unspecified atom stereocenters. The molecule has 6 nitrogen and oxygen atoms in total. The van der Waals surface area contributed by atoms with Crippen LogP contribution in [0.2, 0.25) is 0 Å². The third-order valence-electron chi connectivity index (χ3n) is 5.25. The maximum atomic E-state index is 12.5. The fourth-order valence-electron chi connectivity index (χ4n) is 3.70. The smallest absolute Gasteiger partial charge is 0.289 e. The van der Waals surface area contributed by atoms with E-state index in [9.17, 15) is 9.59 Å². The Morgan fingerprint density at radius 1 is 1.32 bits per heavy atom. The first-order chi connectivity index (χ1) is 10.5. The molecule has 1 spiro atoms. The summed E-state index contributed by atoms with van der Waals surface area (Å²) in [6.45, 7) is 5.20. The summed E-state index contributed by atoms with van der Waals surface area (Å²) in [5.41, 5.74) is 0.211. The molecule has 3 heterocycles. The summed E-state index contributed by atoms with van der Waals surface area (Å²) in [7, 11) is 1.84. The van der Waals surface area contributed by atoms with E-state index in [2.05, 4.69) is 4.98 Å². The van der Waals surface area contributed by atoms with Gasteiger partial charge in [-0.3, -0.25) is 9.59 Å². The quantitative estimate of drug-likeness (QED) is 0.827. The largest absolute Gasteiger partial charge is 0.342 e. The van der Waals surface area contributed by atoms with E-state index in [0.29, 0.717) is 12.2 Å². The van der Waals surface area contributed by atoms with Crippen molar-refractivity contribution in [2.24, 2.45) is 12.5 Å². The van der Waals surface area contributed by atoms with Gasteiger partial charge in [-0.25, -0.2) is 4.98 Å². The second kappa shape index (κ2) is 5.74. The molecule has 22 heavy (non-hydrogen) atoms. The van der Waals surface area contributed by atoms with Crippen LogP contribution in [0.25, 0.3) is 0 Å². The molecule has 120 valence electrons. The Morgan fingerprint density at radius 3 is 2.64 bits per heavy atom. The number of hydrogen-bond acceptors (Lipinski definition) is 3. The first-order valence-electron chi connectivity index (χ1n) is 8.09. The van der Waals surface area contributed by atoms with E-state index in [1.54, 1.807) is 17.0 Å². The van der Waals surface area contributed by atoms with Gasteiger partial charge in [-0.1, -0.05) is 0 Å². The molecule has 2 saturated heterocycles. The molecular formula is C16H24N4O2. The van der Waals surface area contributed by atoms with Crippen LogP contribution in [-0.2, 0) is 11.8 Å². The monoisotopic (exact) mass is 304 g/mol. The summed E-state index contributed by atoms with van der Waals surface area (Å²) < 4.78 is 1.77. The molecular weight excluding hydrogens is 280 g/mol. The zero-order valence-electron chi connectivity index (χ0n) is 13.4. The highest BCUT2D eigenvalue weighted by Gasteiger charge is 2.41. The van der Waals surface area contributed by atoms with E-state index in [-0.39, 0.29) is 17.2 Å². The Balaban J connectivity index is 1.64. The molecule has 0 atom stereocenters. The van der Waals surface area contributed by atoms with Crippen molar-refractivity contribution in [1.82, 2.24) is 19.4 Å². The molecule has 1 aromatic heterocycles. The Bertz CT molecular complexity index is 572. The lowest BCUT2D eigenvalue weighted by atomic mass is 9.72. The Labute approximate surface area is 131 Å². The lowest BCUT2D eigenvalue weighted by Gasteiger charge is -2.47. The van der Waals surface area contributed by atoms with Gasteiger partial charge in [0.2, 0.25) is 5.91 Å². The van der Waals surface area contributed by atoms with Crippen molar-refractivity contribution < 1.29 is 9.59 Å². The number of aryl methyl sites for hydroxylation is 1. The third kappa shape index (κ3) is 2.62. The lowest BCUT2D eigenvalue weighted by molar-refractivity contribution is -0.138. The molecule has 0 aromatic carbocycles. The zero-order chi connectivity index (χ0) is 15.7. The minimum Gasteiger partial charge on any atom is -0.342 e. The number of likely N-dealkylation sites (tertiary alicyclic amines) is 2. The molecule has 1 aromatic rings. The summed E-state index contributed by atoms with van der Waals surface area (Å²) in [6, 6.07) is 0. The zero-order valence-corrected chi connectivity index (χ0v) is 13.4. The van der Waals surface area contributed by atoms with Crippen molar-refractivity contribution in [1.29, 1.82) is 0 Å². The molecule has 2 fully saturated rings. The number of carbonyl (C=O) groups is 2. The second-order valence-corrected chi connectivity index (χ2v) is 6.56. The molecule has 0 bridgehead atoms. The van der Waals surface area contributed by atoms with Crippen LogP contribution in [0.1, 0.15) is 43.2 Å². The maximum absolute atomic E-state index is 12.5. The van der Waals surface area contributed by atoms with E-state index in [1.165, 1.54) is 0 Å². The molecule has 3 rings (SSSR count). The van der Waals surface area contributed by atoms with Crippen LogP contribution in [0.5, 0.6) is 0 Å². The van der Waals surface area contributed by atoms with Gasteiger partial charge in [-0.05, 0) is 31.6 Å². The van der Waals surface area contributed by atoms with Crippen molar-refractivity contribution in [2.45, 2.75) is 32.6 Å². The predicted molar refractivity (Wildman–Crippen MR) is 82.3 cm³/mol. The van der Waals surface area contributed by atoms with E-state index in [1.807, 2.05) is 23.8 Å². The summed E-state index contributed by atoms with van der Waals surface area (Å²) >= 11 is 0. The number of amides is 2. The number of hydrogen-bond donors (Lipinski definition) is 0. The SMILES string of the molecule is CCN1CC2(CCC1=O)CCN(C(=O)c1nccn1C)CC2. The number of aromatic nitrogens is 2.